The molecule has 0 N–H and O–H groups in total. The standard InChI is InChI=1S/C33H34Si2/c1-5-35(34(2,3)4)32(28-22-14-8-15-23-28)30(26-18-10-6-11-19-26)31(27-20-12-7-13-21-27)33(35)29-24-16-9-17-25-29/h6-25H,5H2,1-4H3. The van der Waals surface area contributed by atoms with Crippen LogP contribution in [0.1, 0.15) is 29.2 Å². The first-order valence-corrected chi connectivity index (χ1v) is 19.4. The number of hydrogen-bond donors (Lipinski definition) is 0. The lowest BCUT2D eigenvalue weighted by Crippen LogP contribution is -2.58. The van der Waals surface area contributed by atoms with Gasteiger partial charge in [0.25, 0.3) is 0 Å². The fourth-order valence-electron chi connectivity index (χ4n) is 6.21. The molecule has 0 unspecified atom stereocenters. The molecule has 0 nitrogen and oxygen atoms in total. The van der Waals surface area contributed by atoms with Crippen molar-refractivity contribution in [3.8, 4) is 0 Å². The van der Waals surface area contributed by atoms with E-state index in [0.29, 0.717) is 0 Å². The van der Waals surface area contributed by atoms with Gasteiger partial charge in [0.15, 0.2) is 0 Å². The number of allylic oxidation sites excluding steroid dienone is 2. The van der Waals surface area contributed by atoms with Crippen LogP contribution in [0.15, 0.2) is 121 Å². The van der Waals surface area contributed by atoms with Gasteiger partial charge in [-0.25, -0.2) is 0 Å². The largest absolute Gasteiger partial charge is 0.113 e. The van der Waals surface area contributed by atoms with Crippen LogP contribution in [0.5, 0.6) is 0 Å². The highest BCUT2D eigenvalue weighted by Gasteiger charge is 2.56. The Morgan fingerprint density at radius 2 is 0.743 bits per heavy atom. The number of rotatable bonds is 6. The van der Waals surface area contributed by atoms with E-state index in [1.165, 1.54) is 39.4 Å². The van der Waals surface area contributed by atoms with Crippen molar-refractivity contribution in [2.24, 2.45) is 0 Å². The highest BCUT2D eigenvalue weighted by atomic mass is 29.3. The third-order valence-corrected chi connectivity index (χ3v) is 24.3. The Morgan fingerprint density at radius 1 is 0.457 bits per heavy atom. The molecule has 0 aliphatic carbocycles. The summed E-state index contributed by atoms with van der Waals surface area (Å²) in [6.07, 6.45) is 0. The van der Waals surface area contributed by atoms with Crippen LogP contribution in [0.25, 0.3) is 21.5 Å². The molecule has 0 radical (unpaired) electrons. The van der Waals surface area contributed by atoms with Gasteiger partial charge in [0.05, 0.1) is 0 Å². The van der Waals surface area contributed by atoms with E-state index in [0.717, 1.165) is 0 Å². The molecule has 1 aliphatic rings. The maximum Gasteiger partial charge on any atom is 0.113 e. The Balaban J connectivity index is 2.03. The summed E-state index contributed by atoms with van der Waals surface area (Å²) in [4.78, 5) is 0. The molecule has 174 valence electrons. The van der Waals surface area contributed by atoms with Crippen molar-refractivity contribution in [3.05, 3.63) is 144 Å². The highest BCUT2D eigenvalue weighted by Crippen LogP contribution is 2.59. The summed E-state index contributed by atoms with van der Waals surface area (Å²) >= 11 is 0. The SMILES string of the molecule is CC[Si]1([Si](C)(C)C)C(c2ccccc2)=C(c2ccccc2)C(c2ccccc2)=C1c1ccccc1. The molecule has 0 bridgehead atoms. The van der Waals surface area contributed by atoms with Crippen LogP contribution in [0.4, 0.5) is 0 Å². The maximum atomic E-state index is 2.62. The van der Waals surface area contributed by atoms with Crippen molar-refractivity contribution in [1.82, 2.24) is 0 Å². The molecular formula is C33H34Si2. The minimum absolute atomic E-state index is 1.21. The van der Waals surface area contributed by atoms with Gasteiger partial charge in [0, 0.05) is 7.59 Å². The molecule has 0 atom stereocenters. The van der Waals surface area contributed by atoms with Crippen LogP contribution in [0.3, 0.4) is 0 Å². The lowest BCUT2D eigenvalue weighted by Gasteiger charge is -2.43. The van der Waals surface area contributed by atoms with Gasteiger partial charge in [-0.1, -0.05) is 154 Å². The first-order chi connectivity index (χ1) is 17.0. The van der Waals surface area contributed by atoms with E-state index in [1.54, 1.807) is 10.4 Å². The molecule has 0 saturated heterocycles. The van der Waals surface area contributed by atoms with Crippen molar-refractivity contribution in [3.63, 3.8) is 0 Å². The van der Waals surface area contributed by atoms with Gasteiger partial charge < -0.3 is 0 Å². The number of benzene rings is 4. The van der Waals surface area contributed by atoms with Crippen molar-refractivity contribution in [2.75, 3.05) is 0 Å². The Morgan fingerprint density at radius 3 is 1.00 bits per heavy atom. The molecule has 2 heteroatoms. The third kappa shape index (κ3) is 3.91. The summed E-state index contributed by atoms with van der Waals surface area (Å²) in [5.41, 5.74) is 8.39. The van der Waals surface area contributed by atoms with Gasteiger partial charge >= 0.3 is 0 Å². The van der Waals surface area contributed by atoms with Gasteiger partial charge in [-0.2, -0.15) is 0 Å². The van der Waals surface area contributed by atoms with E-state index in [-0.39, 0.29) is 0 Å². The van der Waals surface area contributed by atoms with E-state index < -0.39 is 15.2 Å². The van der Waals surface area contributed by atoms with Crippen LogP contribution in [0, 0.1) is 0 Å². The van der Waals surface area contributed by atoms with Gasteiger partial charge in [-0.15, -0.1) is 0 Å². The van der Waals surface area contributed by atoms with Crippen molar-refractivity contribution >= 4 is 36.7 Å². The average molecular weight is 487 g/mol. The van der Waals surface area contributed by atoms with Crippen LogP contribution >= 0.6 is 0 Å². The van der Waals surface area contributed by atoms with Gasteiger partial charge in [0.1, 0.15) is 7.59 Å². The van der Waals surface area contributed by atoms with E-state index in [1.807, 2.05) is 0 Å². The van der Waals surface area contributed by atoms with Crippen LogP contribution in [0.2, 0.25) is 25.7 Å². The summed E-state index contributed by atoms with van der Waals surface area (Å²) < 4.78 is 0. The predicted octanol–water partition coefficient (Wildman–Crippen LogP) is 9.19. The zero-order chi connectivity index (χ0) is 24.5. The molecular weight excluding hydrogens is 453 g/mol. The maximum absolute atomic E-state index is 2.62. The summed E-state index contributed by atoms with van der Waals surface area (Å²) in [6.45, 7) is 10.3. The zero-order valence-electron chi connectivity index (χ0n) is 21.3. The fraction of sp³-hybridized carbons (Fsp3) is 0.152. The van der Waals surface area contributed by atoms with Gasteiger partial charge in [0.2, 0.25) is 0 Å². The second-order valence-corrected chi connectivity index (χ2v) is 25.6. The molecule has 0 saturated carbocycles. The molecule has 4 aromatic carbocycles. The highest BCUT2D eigenvalue weighted by molar-refractivity contribution is 7.56. The summed E-state index contributed by atoms with van der Waals surface area (Å²) in [5, 5.41) is 3.28. The van der Waals surface area contributed by atoms with Crippen LogP contribution < -0.4 is 0 Å². The Labute approximate surface area is 212 Å². The molecule has 0 fully saturated rings. The van der Waals surface area contributed by atoms with E-state index in [9.17, 15) is 0 Å². The average Bonchev–Trinajstić information content (AvgIpc) is 3.23. The van der Waals surface area contributed by atoms with Crippen LogP contribution in [-0.4, -0.2) is 15.2 Å². The lowest BCUT2D eigenvalue weighted by atomic mass is 9.89. The van der Waals surface area contributed by atoms with Gasteiger partial charge in [-0.05, 0) is 43.8 Å². The van der Waals surface area contributed by atoms with Gasteiger partial charge in [-0.3, -0.25) is 0 Å². The second kappa shape index (κ2) is 9.45. The Kier molecular flexibility index (Phi) is 6.35. The minimum Gasteiger partial charge on any atom is -0.0709 e. The summed E-state index contributed by atoms with van der Waals surface area (Å²) in [5.74, 6) is 0. The van der Waals surface area contributed by atoms with Crippen molar-refractivity contribution in [1.29, 1.82) is 0 Å². The minimum atomic E-state index is -2.14. The lowest BCUT2D eigenvalue weighted by molar-refractivity contribution is 1.41. The van der Waals surface area contributed by atoms with E-state index in [2.05, 4.69) is 148 Å². The predicted molar refractivity (Wildman–Crippen MR) is 159 cm³/mol. The molecule has 0 amide bonds. The molecule has 1 heterocycles. The topological polar surface area (TPSA) is 0 Å². The number of hydrogen-bond acceptors (Lipinski definition) is 0. The fourth-order valence-corrected chi connectivity index (χ4v) is 21.7. The molecule has 5 rings (SSSR count). The normalized spacial score (nSPS) is 15.5. The molecule has 4 aromatic rings. The van der Waals surface area contributed by atoms with Crippen molar-refractivity contribution < 1.29 is 0 Å². The van der Waals surface area contributed by atoms with Crippen LogP contribution in [-0.2, 0) is 0 Å². The summed E-state index contributed by atoms with van der Waals surface area (Å²) in [7, 11) is -3.83. The second-order valence-electron chi connectivity index (χ2n) is 10.5. The first-order valence-electron chi connectivity index (χ1n) is 12.7. The smallest absolute Gasteiger partial charge is 0.0709 e. The molecule has 0 spiro atoms. The van der Waals surface area contributed by atoms with Crippen molar-refractivity contribution in [2.45, 2.75) is 32.6 Å². The third-order valence-electron chi connectivity index (χ3n) is 7.66. The monoisotopic (exact) mass is 486 g/mol. The Bertz CT molecular complexity index is 1260. The summed E-state index contributed by atoms with van der Waals surface area (Å²) in [6, 6.07) is 46.1. The van der Waals surface area contributed by atoms with E-state index >= 15 is 0 Å². The Hall–Kier alpha value is -3.21. The molecule has 0 aromatic heterocycles. The zero-order valence-corrected chi connectivity index (χ0v) is 23.3. The first kappa shape index (κ1) is 23.5. The molecule has 35 heavy (non-hydrogen) atoms. The van der Waals surface area contributed by atoms with E-state index in [4.69, 9.17) is 0 Å². The molecule has 1 aliphatic heterocycles. The quantitative estimate of drug-likeness (QED) is 0.238.